The Bertz CT molecular complexity index is 1360. The van der Waals surface area contributed by atoms with Crippen molar-refractivity contribution in [2.75, 3.05) is 12.4 Å². The number of carbonyl (C=O) groups excluding carboxylic acids is 2. The van der Waals surface area contributed by atoms with Gasteiger partial charge in [-0.2, -0.15) is 5.01 Å². The molecule has 0 unspecified atom stereocenters. The fraction of sp³-hybridized carbons (Fsp3) is 0.0833. The Morgan fingerprint density at radius 2 is 1.89 bits per heavy atom. The van der Waals surface area contributed by atoms with E-state index in [1.165, 1.54) is 13.2 Å². The number of hydrogen-bond acceptors (Lipinski definition) is 7. The lowest BCUT2D eigenvalue weighted by Gasteiger charge is -2.16. The van der Waals surface area contributed by atoms with Gasteiger partial charge < -0.3 is 14.8 Å². The summed E-state index contributed by atoms with van der Waals surface area (Å²) >= 11 is 18.2. The van der Waals surface area contributed by atoms with Crippen molar-refractivity contribution in [3.8, 4) is 11.5 Å². The monoisotopic (exact) mass is 560 g/mol. The summed E-state index contributed by atoms with van der Waals surface area (Å²) in [6.45, 7) is 0.354. The first-order chi connectivity index (χ1) is 17.3. The molecule has 184 valence electrons. The SMILES string of the molecule is COc1cc(/C=C2/SC(=S)N(NC(=O)Nc3ccc(Cl)c(Cl)c3)C2=O)ccc1OCc1ccncc1. The van der Waals surface area contributed by atoms with E-state index in [0.29, 0.717) is 39.3 Å². The number of amides is 3. The number of urea groups is 1. The van der Waals surface area contributed by atoms with E-state index in [0.717, 1.165) is 22.3 Å². The summed E-state index contributed by atoms with van der Waals surface area (Å²) in [6.07, 6.45) is 5.05. The fourth-order valence-corrected chi connectivity index (χ4v) is 4.56. The first kappa shape index (κ1) is 25.8. The third kappa shape index (κ3) is 6.27. The number of ether oxygens (including phenoxy) is 2. The second kappa shape index (κ2) is 11.6. The van der Waals surface area contributed by atoms with Crippen LogP contribution in [0, 0.1) is 0 Å². The highest BCUT2D eigenvalue weighted by Gasteiger charge is 2.33. The van der Waals surface area contributed by atoms with Crippen LogP contribution < -0.4 is 20.2 Å². The maximum absolute atomic E-state index is 12.9. The van der Waals surface area contributed by atoms with Gasteiger partial charge >= 0.3 is 6.03 Å². The molecule has 12 heteroatoms. The van der Waals surface area contributed by atoms with E-state index in [2.05, 4.69) is 15.7 Å². The summed E-state index contributed by atoms with van der Waals surface area (Å²) < 4.78 is 11.5. The van der Waals surface area contributed by atoms with E-state index in [4.69, 9.17) is 44.9 Å². The zero-order valence-corrected chi connectivity index (χ0v) is 21.8. The molecule has 8 nitrogen and oxygen atoms in total. The molecule has 1 fully saturated rings. The minimum Gasteiger partial charge on any atom is -0.493 e. The van der Waals surface area contributed by atoms with Crippen LogP contribution >= 0.6 is 47.2 Å². The highest BCUT2D eigenvalue weighted by atomic mass is 35.5. The topological polar surface area (TPSA) is 92.8 Å². The molecule has 0 radical (unpaired) electrons. The highest BCUT2D eigenvalue weighted by molar-refractivity contribution is 8.26. The zero-order valence-electron chi connectivity index (χ0n) is 18.7. The van der Waals surface area contributed by atoms with Gasteiger partial charge in [0.1, 0.15) is 6.61 Å². The number of benzene rings is 2. The number of thioether (sulfide) groups is 1. The summed E-state index contributed by atoms with van der Waals surface area (Å²) in [5, 5.41) is 4.22. The molecule has 1 aliphatic rings. The number of hydrogen-bond donors (Lipinski definition) is 2. The molecule has 2 aromatic carbocycles. The first-order valence-electron chi connectivity index (χ1n) is 10.3. The number of rotatable bonds is 7. The van der Waals surface area contributed by atoms with Gasteiger partial charge in [-0.1, -0.05) is 41.0 Å². The quantitative estimate of drug-likeness (QED) is 0.274. The molecule has 0 atom stereocenters. The van der Waals surface area contributed by atoms with Gasteiger partial charge in [0, 0.05) is 18.1 Å². The molecule has 2 heterocycles. The van der Waals surface area contributed by atoms with Crippen LogP contribution in [0.3, 0.4) is 0 Å². The third-order valence-corrected chi connectivity index (χ3v) is 6.85. The maximum Gasteiger partial charge on any atom is 0.338 e. The number of hydrazine groups is 1. The van der Waals surface area contributed by atoms with Crippen LogP contribution in [0.5, 0.6) is 11.5 Å². The smallest absolute Gasteiger partial charge is 0.338 e. The van der Waals surface area contributed by atoms with Crippen LogP contribution in [0.15, 0.2) is 65.8 Å². The van der Waals surface area contributed by atoms with Crippen molar-refractivity contribution in [1.82, 2.24) is 15.4 Å². The number of carbonyl (C=O) groups is 2. The van der Waals surface area contributed by atoms with E-state index in [-0.39, 0.29) is 9.34 Å². The molecule has 4 rings (SSSR count). The lowest BCUT2D eigenvalue weighted by molar-refractivity contribution is -0.123. The number of aromatic nitrogens is 1. The van der Waals surface area contributed by atoms with E-state index < -0.39 is 11.9 Å². The Hall–Kier alpha value is -3.31. The molecular formula is C24H18Cl2N4O4S2. The molecule has 1 saturated heterocycles. The zero-order chi connectivity index (χ0) is 25.7. The standard InChI is InChI=1S/C24H18Cl2N4O4S2/c1-33-20-10-15(2-5-19(20)34-13-14-6-8-27-9-7-14)11-21-22(31)30(24(35)36-21)29-23(32)28-16-3-4-17(25)18(26)12-16/h2-12H,13H2,1H3,(H2,28,29,32)/b21-11+. The number of nitrogens with zero attached hydrogens (tertiary/aromatic N) is 2. The molecule has 36 heavy (non-hydrogen) atoms. The first-order valence-corrected chi connectivity index (χ1v) is 12.3. The van der Waals surface area contributed by atoms with E-state index in [1.807, 2.05) is 12.1 Å². The molecule has 3 aromatic rings. The van der Waals surface area contributed by atoms with Crippen LogP contribution in [0.1, 0.15) is 11.1 Å². The summed E-state index contributed by atoms with van der Waals surface area (Å²) in [5.41, 5.74) is 4.52. The Morgan fingerprint density at radius 1 is 1.11 bits per heavy atom. The second-order valence-electron chi connectivity index (χ2n) is 7.27. The van der Waals surface area contributed by atoms with E-state index in [9.17, 15) is 9.59 Å². The maximum atomic E-state index is 12.9. The van der Waals surface area contributed by atoms with Crippen molar-refractivity contribution in [2.45, 2.75) is 6.61 Å². The normalized spacial score (nSPS) is 14.2. The number of halogens is 2. The third-order valence-electron chi connectivity index (χ3n) is 4.81. The molecule has 1 aliphatic heterocycles. The largest absolute Gasteiger partial charge is 0.493 e. The Morgan fingerprint density at radius 3 is 2.61 bits per heavy atom. The van der Waals surface area contributed by atoms with Crippen molar-refractivity contribution in [3.63, 3.8) is 0 Å². The van der Waals surface area contributed by atoms with Crippen molar-refractivity contribution >= 4 is 75.2 Å². The van der Waals surface area contributed by atoms with E-state index >= 15 is 0 Å². The summed E-state index contributed by atoms with van der Waals surface area (Å²) in [5.74, 6) is 0.596. The summed E-state index contributed by atoms with van der Waals surface area (Å²) in [6, 6.07) is 13.0. The summed E-state index contributed by atoms with van der Waals surface area (Å²) in [7, 11) is 1.54. The minimum absolute atomic E-state index is 0.180. The van der Waals surface area contributed by atoms with Gasteiger partial charge in [-0.25, -0.2) is 10.2 Å². The predicted molar refractivity (Wildman–Crippen MR) is 145 cm³/mol. The van der Waals surface area contributed by atoms with Gasteiger partial charge in [0.2, 0.25) is 0 Å². The minimum atomic E-state index is -0.664. The molecule has 0 bridgehead atoms. The number of thiocarbonyl (C=S) groups is 1. The lowest BCUT2D eigenvalue weighted by atomic mass is 10.2. The van der Waals surface area contributed by atoms with Crippen LogP contribution in [0.4, 0.5) is 10.5 Å². The van der Waals surface area contributed by atoms with Crippen molar-refractivity contribution in [3.05, 3.63) is 87.0 Å². The molecular weight excluding hydrogens is 543 g/mol. The fourth-order valence-electron chi connectivity index (χ4n) is 3.08. The van der Waals surface area contributed by atoms with Crippen molar-refractivity contribution < 1.29 is 19.1 Å². The van der Waals surface area contributed by atoms with Gasteiger partial charge in [0.05, 0.1) is 22.1 Å². The number of nitrogens with one attached hydrogen (secondary N) is 2. The molecule has 0 aliphatic carbocycles. The Labute approximate surface area is 226 Å². The molecule has 2 N–H and O–H groups in total. The van der Waals surface area contributed by atoms with Gasteiger partial charge in [0.15, 0.2) is 15.8 Å². The van der Waals surface area contributed by atoms with Gasteiger partial charge in [-0.05, 0) is 71.9 Å². The average molecular weight is 561 g/mol. The van der Waals surface area contributed by atoms with Crippen LogP contribution in [-0.2, 0) is 11.4 Å². The number of anilines is 1. The molecule has 3 amide bonds. The van der Waals surface area contributed by atoms with Crippen LogP contribution in [0.25, 0.3) is 6.08 Å². The Kier molecular flexibility index (Phi) is 8.32. The molecule has 0 saturated carbocycles. The molecule has 0 spiro atoms. The summed E-state index contributed by atoms with van der Waals surface area (Å²) in [4.78, 5) is 29.6. The molecule has 1 aromatic heterocycles. The number of pyridine rings is 1. The van der Waals surface area contributed by atoms with Gasteiger partial charge in [-0.3, -0.25) is 9.78 Å². The number of methoxy groups -OCH3 is 1. The lowest BCUT2D eigenvalue weighted by Crippen LogP contribution is -2.46. The highest BCUT2D eigenvalue weighted by Crippen LogP contribution is 2.34. The predicted octanol–water partition coefficient (Wildman–Crippen LogP) is 5.91. The Balaban J connectivity index is 1.42. The van der Waals surface area contributed by atoms with Crippen LogP contribution in [0.2, 0.25) is 10.0 Å². The average Bonchev–Trinajstić information content (AvgIpc) is 3.13. The van der Waals surface area contributed by atoms with Crippen LogP contribution in [-0.4, -0.2) is 33.4 Å². The van der Waals surface area contributed by atoms with Crippen molar-refractivity contribution in [1.29, 1.82) is 0 Å². The van der Waals surface area contributed by atoms with Gasteiger partial charge in [-0.15, -0.1) is 0 Å². The van der Waals surface area contributed by atoms with Gasteiger partial charge in [0.25, 0.3) is 5.91 Å². The van der Waals surface area contributed by atoms with Crippen molar-refractivity contribution in [2.24, 2.45) is 0 Å². The van der Waals surface area contributed by atoms with E-state index in [1.54, 1.807) is 48.8 Å². The second-order valence-corrected chi connectivity index (χ2v) is 9.76.